The second-order valence-electron chi connectivity index (χ2n) is 23.2. The summed E-state index contributed by atoms with van der Waals surface area (Å²) in [4.78, 5) is 87.2. The van der Waals surface area contributed by atoms with Gasteiger partial charge in [-0.2, -0.15) is 0 Å². The van der Waals surface area contributed by atoms with Crippen molar-refractivity contribution in [1.82, 2.24) is 10.6 Å². The standard InChI is InChI=1S/C32H43N5O6.C24H27NO6.C8H18N4O.CH3F/c1-20(11-10-18-35-21(2)33)29(34)37-43-30(39)27(16-17-28(38)42-32(3,4)5)36-31(40)41-19-26-24-14-8-6-12-22(24)23-13-7-9-15-25(23)26;1-24(2,3)31-21(26)13-12-20(22(27)28)25-23(29)30-14-19-17-10-6-4-8-15(17)16-9-5-7-11-18(16)19;1-6(8(10)12-13)4-3-5-11-7(2)9;1-2/h6-9,12-15,20,26-27H,10-11,16-19H2,1-5H3,(H2,33,35)(H2,34,37)(H,36,40);4-11,19-20H,12-14H2,1-3H3,(H,25,29)(H,27,28);6,13H,3-5H2,1-2H3,(H2,9,11)(H2,10,12);1H3/t20-,27-;20-;6-;/m000./s1/i;;;1D. The highest BCUT2D eigenvalue weighted by Gasteiger charge is 2.33. The molecule has 0 spiro atoms. The van der Waals surface area contributed by atoms with Crippen molar-refractivity contribution in [3.8, 4) is 22.3 Å². The van der Waals surface area contributed by atoms with Crippen LogP contribution < -0.4 is 33.6 Å². The molecule has 0 unspecified atom stereocenters. The molecule has 0 aliphatic heterocycles. The quantitative estimate of drug-likeness (QED) is 0.00447. The molecule has 486 valence electrons. The normalized spacial score (nSPS) is 14.4. The number of halogens is 1. The highest BCUT2D eigenvalue weighted by Crippen LogP contribution is 2.45. The number of carboxylic acid groups (broad SMARTS) is 1. The van der Waals surface area contributed by atoms with Crippen LogP contribution in [0.5, 0.6) is 0 Å². The highest BCUT2D eigenvalue weighted by atomic mass is 19.1. The van der Waals surface area contributed by atoms with Gasteiger partial charge in [0.05, 0.1) is 20.2 Å². The number of carboxylic acids is 1. The van der Waals surface area contributed by atoms with Gasteiger partial charge in [0.25, 0.3) is 0 Å². The number of benzene rings is 4. The number of nitrogens with two attached hydrogens (primary N) is 4. The number of nitrogens with zero attached hydrogens (tertiary/aromatic N) is 4. The van der Waals surface area contributed by atoms with E-state index in [1.54, 1.807) is 55.4 Å². The predicted octanol–water partition coefficient (Wildman–Crippen LogP) is 9.84. The van der Waals surface area contributed by atoms with Gasteiger partial charge in [-0.3, -0.25) is 24.0 Å². The molecule has 24 heteroatoms. The summed E-state index contributed by atoms with van der Waals surface area (Å²) in [6.07, 6.45) is 1.03. The Bertz CT molecular complexity index is 3030. The van der Waals surface area contributed by atoms with Crippen LogP contribution in [0.2, 0.25) is 0 Å². The second kappa shape index (κ2) is 36.9. The molecule has 89 heavy (non-hydrogen) atoms. The van der Waals surface area contributed by atoms with E-state index < -0.39 is 66.5 Å². The van der Waals surface area contributed by atoms with E-state index in [-0.39, 0.29) is 74.2 Å². The first-order chi connectivity index (χ1) is 42.5. The lowest BCUT2D eigenvalue weighted by Gasteiger charge is -2.21. The van der Waals surface area contributed by atoms with Crippen LogP contribution in [0.4, 0.5) is 14.0 Å². The molecule has 6 rings (SSSR count). The minimum absolute atomic E-state index is 0.0596. The molecule has 4 atom stereocenters. The average molecular weight is 1240 g/mol. The van der Waals surface area contributed by atoms with Gasteiger partial charge in [-0.1, -0.05) is 121 Å². The molecule has 23 nitrogen and oxygen atoms in total. The summed E-state index contributed by atoms with van der Waals surface area (Å²) in [5, 5.41) is 29.3. The molecule has 0 fully saturated rings. The summed E-state index contributed by atoms with van der Waals surface area (Å²) in [6, 6.07) is 29.4. The SMILES string of the molecule is CC(C)(C)OC(=O)CC[C@H](NC(=O)OCC1c2ccccc2-c2ccccc21)C(=O)O.CC(N)=NCCC[C@H](C)/C(N)=N/O.CC(N)=NCCC[C@H](C)/C(N)=N/OC(=O)[C@H](CCC(=O)OC(C)(C)C)NC(=O)OCC1c2ccccc2-c2ccccc21.[2H]CF. The van der Waals surface area contributed by atoms with E-state index in [1.165, 1.54) is 0 Å². The van der Waals surface area contributed by atoms with E-state index in [9.17, 15) is 38.3 Å². The van der Waals surface area contributed by atoms with Gasteiger partial charge in [0.1, 0.15) is 48.2 Å². The van der Waals surface area contributed by atoms with Crippen molar-refractivity contribution in [2.75, 3.05) is 33.5 Å². The Balaban J connectivity index is 0.000000390. The molecule has 2 aliphatic carbocycles. The second-order valence-corrected chi connectivity index (χ2v) is 23.2. The summed E-state index contributed by atoms with van der Waals surface area (Å²) < 4.78 is 37.0. The number of hydrogen-bond acceptors (Lipinski definition) is 16. The maximum Gasteiger partial charge on any atom is 0.407 e. The number of fused-ring (bicyclic) bond motifs is 6. The Hall–Kier alpha value is -9.09. The summed E-state index contributed by atoms with van der Waals surface area (Å²) >= 11 is 0. The largest absolute Gasteiger partial charge is 0.480 e. The van der Waals surface area contributed by atoms with Crippen LogP contribution in [-0.4, -0.2) is 126 Å². The summed E-state index contributed by atoms with van der Waals surface area (Å²) in [6.45, 7) is 19.0. The van der Waals surface area contributed by atoms with Crippen molar-refractivity contribution in [3.05, 3.63) is 119 Å². The molecule has 0 aromatic heterocycles. The molecular formula is C65H91FN10O13. The first kappa shape index (κ1) is 72.4. The van der Waals surface area contributed by atoms with Crippen LogP contribution in [0.25, 0.3) is 22.3 Å². The summed E-state index contributed by atoms with van der Waals surface area (Å²) in [5.41, 5.74) is 29.6. The summed E-state index contributed by atoms with van der Waals surface area (Å²) in [7, 11) is -1.00. The fourth-order valence-electron chi connectivity index (χ4n) is 9.33. The number of amides is 2. The van der Waals surface area contributed by atoms with Crippen molar-refractivity contribution < 1.29 is 68.6 Å². The van der Waals surface area contributed by atoms with E-state index in [1.807, 2.05) is 111 Å². The van der Waals surface area contributed by atoms with Crippen LogP contribution in [0.3, 0.4) is 0 Å². The first-order valence-electron chi connectivity index (χ1n) is 30.0. The molecule has 4 aromatic rings. The van der Waals surface area contributed by atoms with E-state index >= 15 is 0 Å². The zero-order valence-corrected chi connectivity index (χ0v) is 52.8. The summed E-state index contributed by atoms with van der Waals surface area (Å²) in [5.74, 6) is -2.04. The van der Waals surface area contributed by atoms with Gasteiger partial charge in [-0.05, 0) is 138 Å². The molecule has 0 heterocycles. The third-order valence-electron chi connectivity index (χ3n) is 13.6. The van der Waals surface area contributed by atoms with Gasteiger partial charge in [0, 0.05) is 49.6 Å². The van der Waals surface area contributed by atoms with Crippen LogP contribution >= 0.6 is 0 Å². The van der Waals surface area contributed by atoms with Crippen molar-refractivity contribution in [2.24, 2.45) is 55.1 Å². The number of alkyl halides is 1. The maximum absolute atomic E-state index is 13.0. The highest BCUT2D eigenvalue weighted by molar-refractivity contribution is 5.86. The Morgan fingerprint density at radius 3 is 1.26 bits per heavy atom. The van der Waals surface area contributed by atoms with Crippen molar-refractivity contribution in [1.29, 1.82) is 0 Å². The minimum Gasteiger partial charge on any atom is -0.480 e. The van der Waals surface area contributed by atoms with Crippen molar-refractivity contribution in [3.63, 3.8) is 0 Å². The molecule has 4 aromatic carbocycles. The Kier molecular flexibility index (Phi) is 30.0. The van der Waals surface area contributed by atoms with Gasteiger partial charge >= 0.3 is 36.1 Å². The smallest absolute Gasteiger partial charge is 0.407 e. The van der Waals surface area contributed by atoms with Gasteiger partial charge in [-0.25, -0.2) is 19.2 Å². The fraction of sp³-hybridized carbons (Fsp3) is 0.477. The van der Waals surface area contributed by atoms with Crippen molar-refractivity contribution in [2.45, 2.75) is 156 Å². The molecule has 0 saturated carbocycles. The molecule has 12 N–H and O–H groups in total. The lowest BCUT2D eigenvalue weighted by Crippen LogP contribution is -2.42. The zero-order valence-electron chi connectivity index (χ0n) is 53.8. The Morgan fingerprint density at radius 1 is 0.584 bits per heavy atom. The van der Waals surface area contributed by atoms with Gasteiger partial charge < -0.3 is 67.7 Å². The minimum atomic E-state index is -1.25. The number of carbonyl (C=O) groups is 6. The fourth-order valence-corrected chi connectivity index (χ4v) is 9.33. The van der Waals surface area contributed by atoms with Gasteiger partial charge in [-0.15, -0.1) is 0 Å². The number of rotatable bonds is 25. The molecular weight excluding hydrogens is 1150 g/mol. The van der Waals surface area contributed by atoms with Crippen LogP contribution in [0.1, 0.15) is 156 Å². The van der Waals surface area contributed by atoms with Crippen molar-refractivity contribution >= 4 is 59.4 Å². The van der Waals surface area contributed by atoms with Crippen LogP contribution in [0.15, 0.2) is 117 Å². The molecule has 2 aliphatic rings. The third-order valence-corrected chi connectivity index (χ3v) is 13.6. The maximum atomic E-state index is 13.0. The number of carbonyl (C=O) groups excluding carboxylic acids is 5. The third kappa shape index (κ3) is 26.0. The van der Waals surface area contributed by atoms with Crippen LogP contribution in [0, 0.1) is 11.8 Å². The van der Waals surface area contributed by atoms with Gasteiger partial charge in [0.15, 0.2) is 0 Å². The van der Waals surface area contributed by atoms with E-state index in [0.717, 1.165) is 63.8 Å². The lowest BCUT2D eigenvalue weighted by molar-refractivity contribution is -0.156. The Labute approximate surface area is 522 Å². The number of aliphatic imine (C=N–C) groups is 2. The number of aliphatic carboxylic acids is 1. The number of alkyl carbamates (subject to hydrolysis) is 2. The average Bonchev–Trinajstić information content (AvgIpc) is 1.64. The molecule has 0 bridgehead atoms. The molecule has 2 amide bonds. The lowest BCUT2D eigenvalue weighted by atomic mass is 9.98. The number of amidine groups is 4. The number of esters is 2. The number of ether oxygens (including phenoxy) is 4. The number of hydrogen-bond donors (Lipinski definition) is 8. The monoisotopic (exact) mass is 1240 g/mol. The molecule has 0 saturated heterocycles. The molecule has 0 radical (unpaired) electrons. The number of nitrogens with one attached hydrogen (secondary N) is 2. The van der Waals surface area contributed by atoms with Gasteiger partial charge in [0.2, 0.25) is 0 Å². The van der Waals surface area contributed by atoms with E-state index in [2.05, 4.69) is 30.9 Å². The first-order valence-corrected chi connectivity index (χ1v) is 29.3. The zero-order chi connectivity index (χ0) is 67.1. The topological polar surface area (TPSA) is 367 Å². The Morgan fingerprint density at radius 2 is 0.921 bits per heavy atom. The predicted molar refractivity (Wildman–Crippen MR) is 341 cm³/mol. The van der Waals surface area contributed by atoms with E-state index in [4.69, 9.17) is 53.3 Å². The van der Waals surface area contributed by atoms with Crippen LogP contribution in [-0.2, 0) is 43.0 Å². The number of oxime groups is 2. The van der Waals surface area contributed by atoms with E-state index in [0.29, 0.717) is 31.2 Å².